The highest BCUT2D eigenvalue weighted by molar-refractivity contribution is 6.08. The van der Waals surface area contributed by atoms with Crippen molar-refractivity contribution in [2.75, 3.05) is 13.1 Å². The van der Waals surface area contributed by atoms with E-state index in [0.717, 1.165) is 40.4 Å². The molecule has 1 aromatic heterocycles. The molecule has 2 aromatic rings. The van der Waals surface area contributed by atoms with Crippen molar-refractivity contribution in [3.63, 3.8) is 0 Å². The molecule has 3 rings (SSSR count). The summed E-state index contributed by atoms with van der Waals surface area (Å²) in [6.07, 6.45) is 12.9. The molecule has 0 spiro atoms. The van der Waals surface area contributed by atoms with Crippen LogP contribution in [0.4, 0.5) is 4.79 Å². The van der Waals surface area contributed by atoms with Crippen molar-refractivity contribution in [1.82, 2.24) is 9.88 Å². The third-order valence-electron chi connectivity index (χ3n) is 5.56. The van der Waals surface area contributed by atoms with Gasteiger partial charge in [-0.3, -0.25) is 4.79 Å². The number of piperidine rings is 1. The van der Waals surface area contributed by atoms with Crippen LogP contribution in [0.1, 0.15) is 62.0 Å². The summed E-state index contributed by atoms with van der Waals surface area (Å²) in [5.74, 6) is -0.475. The zero-order valence-corrected chi connectivity index (χ0v) is 19.9. The Labute approximate surface area is 195 Å². The van der Waals surface area contributed by atoms with Crippen LogP contribution >= 0.6 is 0 Å². The Morgan fingerprint density at radius 3 is 2.48 bits per heavy atom. The number of carbonyl (C=O) groups excluding carboxylic acids is 2. The molecule has 1 aromatic carbocycles. The highest BCUT2D eigenvalue weighted by Crippen LogP contribution is 2.30. The molecule has 0 bridgehead atoms. The number of nitrogens with two attached hydrogens (primary N) is 1. The summed E-state index contributed by atoms with van der Waals surface area (Å²) >= 11 is 0. The standard InChI is InChI=1S/C27H33N3O3/c1-6-8-9-19(7-2)20-15-22-21(17-29-24(22)23(16-20)25(28)31)14-18-10-12-30(13-11-18)26(32)33-27(3,4)5/h6-9,14-17,29H,1,10-13H2,2-5H3,(H2,28,31)/b9-8-,19-7+. The van der Waals surface area contributed by atoms with Crippen LogP contribution in [0.3, 0.4) is 0 Å². The van der Waals surface area contributed by atoms with E-state index < -0.39 is 11.5 Å². The first-order chi connectivity index (χ1) is 15.6. The highest BCUT2D eigenvalue weighted by Gasteiger charge is 2.25. The lowest BCUT2D eigenvalue weighted by atomic mass is 9.96. The number of H-pyrrole nitrogens is 1. The van der Waals surface area contributed by atoms with Gasteiger partial charge in [-0.1, -0.05) is 42.5 Å². The molecule has 1 aliphatic rings. The molecule has 6 heteroatoms. The van der Waals surface area contributed by atoms with Crippen molar-refractivity contribution < 1.29 is 14.3 Å². The summed E-state index contributed by atoms with van der Waals surface area (Å²) in [6, 6.07) is 3.89. The van der Waals surface area contributed by atoms with E-state index >= 15 is 0 Å². The fraction of sp³-hybridized carbons (Fsp3) is 0.333. The Morgan fingerprint density at radius 2 is 1.91 bits per heavy atom. The summed E-state index contributed by atoms with van der Waals surface area (Å²) in [4.78, 5) is 29.5. The van der Waals surface area contributed by atoms with Gasteiger partial charge in [-0.25, -0.2) is 4.79 Å². The van der Waals surface area contributed by atoms with Gasteiger partial charge in [0.25, 0.3) is 5.91 Å². The van der Waals surface area contributed by atoms with E-state index in [-0.39, 0.29) is 6.09 Å². The number of ether oxygens (including phenoxy) is 1. The Bertz CT molecular complexity index is 1150. The van der Waals surface area contributed by atoms with E-state index in [4.69, 9.17) is 10.5 Å². The van der Waals surface area contributed by atoms with Crippen LogP contribution in [0, 0.1) is 0 Å². The van der Waals surface area contributed by atoms with Crippen molar-refractivity contribution in [1.29, 1.82) is 0 Å². The number of rotatable bonds is 5. The van der Waals surface area contributed by atoms with E-state index in [9.17, 15) is 9.59 Å². The van der Waals surface area contributed by atoms with E-state index in [0.29, 0.717) is 18.7 Å². The largest absolute Gasteiger partial charge is 0.444 e. The third-order valence-corrected chi connectivity index (χ3v) is 5.56. The maximum absolute atomic E-state index is 12.3. The predicted octanol–water partition coefficient (Wildman–Crippen LogP) is 5.83. The first kappa shape index (κ1) is 24.1. The van der Waals surface area contributed by atoms with Gasteiger partial charge in [0.15, 0.2) is 0 Å². The number of aromatic nitrogens is 1. The Morgan fingerprint density at radius 1 is 1.21 bits per heavy atom. The maximum Gasteiger partial charge on any atom is 0.410 e. The number of carbonyl (C=O) groups is 2. The van der Waals surface area contributed by atoms with Gasteiger partial charge < -0.3 is 20.4 Å². The van der Waals surface area contributed by atoms with E-state index in [1.165, 1.54) is 5.57 Å². The van der Waals surface area contributed by atoms with Crippen LogP contribution in [0.2, 0.25) is 0 Å². The summed E-state index contributed by atoms with van der Waals surface area (Å²) in [5.41, 5.74) is 10.5. The quantitative estimate of drug-likeness (QED) is 0.566. The Balaban J connectivity index is 1.91. The van der Waals surface area contributed by atoms with E-state index in [2.05, 4.69) is 23.7 Å². The molecule has 0 atom stereocenters. The van der Waals surface area contributed by atoms with Crippen molar-refractivity contribution in [2.24, 2.45) is 5.73 Å². The minimum absolute atomic E-state index is 0.268. The molecule has 3 N–H and O–H groups in total. The van der Waals surface area contributed by atoms with Gasteiger partial charge in [0.1, 0.15) is 5.60 Å². The lowest BCUT2D eigenvalue weighted by Gasteiger charge is -2.31. The number of likely N-dealkylation sites (tertiary alicyclic amines) is 1. The molecule has 2 amide bonds. The molecular weight excluding hydrogens is 414 g/mol. The topological polar surface area (TPSA) is 88.4 Å². The lowest BCUT2D eigenvalue weighted by Crippen LogP contribution is -2.40. The number of allylic oxidation sites excluding steroid dienone is 5. The predicted molar refractivity (Wildman–Crippen MR) is 135 cm³/mol. The van der Waals surface area contributed by atoms with Crippen LogP contribution in [0.5, 0.6) is 0 Å². The summed E-state index contributed by atoms with van der Waals surface area (Å²) in [5, 5.41) is 0.940. The number of nitrogens with one attached hydrogen (secondary N) is 1. The maximum atomic E-state index is 12.3. The summed E-state index contributed by atoms with van der Waals surface area (Å²) in [6.45, 7) is 12.5. The minimum Gasteiger partial charge on any atom is -0.444 e. The number of hydrogen-bond donors (Lipinski definition) is 2. The minimum atomic E-state index is -0.500. The van der Waals surface area contributed by atoms with Gasteiger partial charge in [0.05, 0.1) is 11.1 Å². The molecule has 0 saturated carbocycles. The van der Waals surface area contributed by atoms with Crippen LogP contribution in [-0.2, 0) is 4.74 Å². The van der Waals surface area contributed by atoms with Crippen molar-refractivity contribution in [2.45, 2.75) is 46.1 Å². The van der Waals surface area contributed by atoms with Crippen molar-refractivity contribution in [3.05, 3.63) is 71.5 Å². The average Bonchev–Trinajstić information content (AvgIpc) is 3.15. The van der Waals surface area contributed by atoms with Crippen molar-refractivity contribution in [3.8, 4) is 0 Å². The molecule has 0 unspecified atom stereocenters. The average molecular weight is 448 g/mol. The number of benzene rings is 1. The fourth-order valence-corrected chi connectivity index (χ4v) is 3.93. The van der Waals surface area contributed by atoms with Gasteiger partial charge in [-0.2, -0.15) is 0 Å². The monoisotopic (exact) mass is 447 g/mol. The Hall–Kier alpha value is -3.54. The second-order valence-corrected chi connectivity index (χ2v) is 9.16. The number of aromatic amines is 1. The van der Waals surface area contributed by atoms with E-state index in [1.807, 2.05) is 58.2 Å². The van der Waals surface area contributed by atoms with E-state index in [1.54, 1.807) is 11.0 Å². The molecular formula is C27H33N3O3. The van der Waals surface area contributed by atoms with Crippen LogP contribution < -0.4 is 5.73 Å². The highest BCUT2D eigenvalue weighted by atomic mass is 16.6. The second-order valence-electron chi connectivity index (χ2n) is 9.16. The summed E-state index contributed by atoms with van der Waals surface area (Å²) in [7, 11) is 0. The van der Waals surface area contributed by atoms with Crippen LogP contribution in [-0.4, -0.2) is 40.6 Å². The molecule has 1 saturated heterocycles. The normalized spacial score (nSPS) is 15.2. The first-order valence-electron chi connectivity index (χ1n) is 11.2. The number of primary amides is 1. The number of fused-ring (bicyclic) bond motifs is 1. The van der Waals surface area contributed by atoms with Gasteiger partial charge in [0, 0.05) is 24.7 Å². The van der Waals surface area contributed by atoms with Crippen LogP contribution in [0.15, 0.2) is 54.8 Å². The molecule has 2 heterocycles. The SMILES string of the molecule is C=C/C=C\C(=C/C)c1cc(C(N)=O)c2[nH]cc(C=C3CCN(C(=O)OC(C)(C)C)CC3)c2c1. The first-order valence-corrected chi connectivity index (χ1v) is 11.2. The molecule has 1 fully saturated rings. The number of hydrogen-bond acceptors (Lipinski definition) is 3. The third kappa shape index (κ3) is 5.83. The lowest BCUT2D eigenvalue weighted by molar-refractivity contribution is 0.0236. The van der Waals surface area contributed by atoms with Gasteiger partial charge in [-0.05, 0) is 69.4 Å². The van der Waals surface area contributed by atoms with Crippen LogP contribution in [0.25, 0.3) is 22.6 Å². The zero-order valence-electron chi connectivity index (χ0n) is 19.9. The molecule has 6 nitrogen and oxygen atoms in total. The van der Waals surface area contributed by atoms with Gasteiger partial charge in [-0.15, -0.1) is 0 Å². The zero-order chi connectivity index (χ0) is 24.2. The second kappa shape index (κ2) is 9.94. The van der Waals surface area contributed by atoms with Gasteiger partial charge >= 0.3 is 6.09 Å². The smallest absolute Gasteiger partial charge is 0.410 e. The number of amides is 2. The molecule has 33 heavy (non-hydrogen) atoms. The van der Waals surface area contributed by atoms with Crippen molar-refractivity contribution >= 4 is 34.6 Å². The molecule has 1 aliphatic heterocycles. The summed E-state index contributed by atoms with van der Waals surface area (Å²) < 4.78 is 5.49. The molecule has 174 valence electrons. The fourth-order valence-electron chi connectivity index (χ4n) is 3.93. The Kier molecular flexibility index (Phi) is 7.26. The number of nitrogens with zero attached hydrogens (tertiary/aromatic N) is 1. The van der Waals surface area contributed by atoms with Gasteiger partial charge in [0.2, 0.25) is 0 Å². The molecule has 0 aliphatic carbocycles. The molecule has 0 radical (unpaired) electrons.